The van der Waals surface area contributed by atoms with Gasteiger partial charge >= 0.3 is 5.97 Å². The van der Waals surface area contributed by atoms with E-state index in [1.807, 2.05) is 43.4 Å². The third-order valence-corrected chi connectivity index (χ3v) is 10.3. The van der Waals surface area contributed by atoms with Gasteiger partial charge in [0.05, 0.1) is 7.11 Å². The summed E-state index contributed by atoms with van der Waals surface area (Å²) in [7, 11) is 5.77. The van der Waals surface area contributed by atoms with Crippen molar-refractivity contribution in [3.63, 3.8) is 0 Å². The maximum Gasteiger partial charge on any atom is 0.308 e. The van der Waals surface area contributed by atoms with Crippen LogP contribution >= 0.6 is 0 Å². The number of benzene rings is 7. The lowest BCUT2D eigenvalue weighted by molar-refractivity contribution is -0.131. The fourth-order valence-electron chi connectivity index (χ4n) is 6.92. The van der Waals surface area contributed by atoms with Gasteiger partial charge in [-0.1, -0.05) is 120 Å². The second-order valence-corrected chi connectivity index (χ2v) is 14.5. The minimum Gasteiger partial charge on any atom is -0.497 e. The molecule has 0 unspecified atom stereocenters. The molecule has 0 spiro atoms. The molecule has 0 saturated carbocycles. The molecule has 7 aromatic rings. The van der Waals surface area contributed by atoms with Gasteiger partial charge in [0, 0.05) is 55.9 Å². The number of carbonyl (C=O) groups is 1. The Morgan fingerprint density at radius 3 is 1.21 bits per heavy atom. The van der Waals surface area contributed by atoms with E-state index >= 15 is 0 Å². The molecule has 0 fully saturated rings. The Morgan fingerprint density at radius 1 is 0.466 bits per heavy atom. The van der Waals surface area contributed by atoms with E-state index in [9.17, 15) is 4.79 Å². The van der Waals surface area contributed by atoms with Crippen molar-refractivity contribution in [2.75, 3.05) is 31.0 Å². The average Bonchev–Trinajstić information content (AvgIpc) is 3.25. The molecule has 0 aliphatic heterocycles. The van der Waals surface area contributed by atoms with Crippen LogP contribution in [-0.4, -0.2) is 27.2 Å². The Labute approximate surface area is 342 Å². The first-order valence-corrected chi connectivity index (χ1v) is 19.4. The third kappa shape index (κ3) is 9.46. The Hall–Kier alpha value is -7.11. The van der Waals surface area contributed by atoms with Crippen LogP contribution in [-0.2, 0) is 4.79 Å². The topological polar surface area (TPSA) is 42.0 Å². The highest BCUT2D eigenvalue weighted by Crippen LogP contribution is 2.34. The van der Waals surface area contributed by atoms with Gasteiger partial charge in [0.2, 0.25) is 0 Å². The molecule has 0 radical (unpaired) electrons. The molecule has 5 nitrogen and oxygen atoms in total. The minimum atomic E-state index is -0.339. The number of hydrogen-bond acceptors (Lipinski definition) is 5. The summed E-state index contributed by atoms with van der Waals surface area (Å²) >= 11 is 0. The van der Waals surface area contributed by atoms with E-state index < -0.39 is 0 Å². The highest BCUT2D eigenvalue weighted by Gasteiger charge is 2.12. The number of carbonyl (C=O) groups excluding carboxylic acids is 1. The van der Waals surface area contributed by atoms with Gasteiger partial charge in [0.25, 0.3) is 0 Å². The summed E-state index contributed by atoms with van der Waals surface area (Å²) in [5.74, 6) is 1.02. The first kappa shape index (κ1) is 39.1. The molecule has 0 N–H and O–H groups in total. The smallest absolute Gasteiger partial charge is 0.308 e. The Morgan fingerprint density at radius 2 is 0.828 bits per heavy atom. The Balaban J connectivity index is 1.19. The second kappa shape index (κ2) is 17.8. The molecule has 7 aromatic carbocycles. The van der Waals surface area contributed by atoms with E-state index in [0.29, 0.717) is 5.75 Å². The van der Waals surface area contributed by atoms with Crippen molar-refractivity contribution >= 4 is 52.0 Å². The quantitative estimate of drug-likeness (QED) is 0.0705. The van der Waals surface area contributed by atoms with Gasteiger partial charge in [0.1, 0.15) is 11.5 Å². The van der Waals surface area contributed by atoms with Crippen LogP contribution in [0.15, 0.2) is 170 Å². The number of ether oxygens (including phenoxy) is 2. The molecular formula is C53H48N2O3. The first-order chi connectivity index (χ1) is 28.1. The lowest BCUT2D eigenvalue weighted by Gasteiger charge is -2.20. The summed E-state index contributed by atoms with van der Waals surface area (Å²) in [5, 5.41) is 0. The van der Waals surface area contributed by atoms with E-state index in [0.717, 1.165) is 73.0 Å². The van der Waals surface area contributed by atoms with Crippen LogP contribution in [0.25, 0.3) is 23.3 Å². The summed E-state index contributed by atoms with van der Waals surface area (Å²) in [6, 6.07) is 59.2. The summed E-state index contributed by atoms with van der Waals surface area (Å²) in [4.78, 5) is 15.8. The predicted molar refractivity (Wildman–Crippen MR) is 243 cm³/mol. The number of hydrogen-bond donors (Lipinski definition) is 0. The van der Waals surface area contributed by atoms with Gasteiger partial charge in [-0.3, -0.25) is 4.79 Å². The highest BCUT2D eigenvalue weighted by atomic mass is 16.5. The molecule has 0 aliphatic carbocycles. The van der Waals surface area contributed by atoms with Crippen molar-refractivity contribution in [1.82, 2.24) is 0 Å². The lowest BCUT2D eigenvalue weighted by atomic mass is 9.91. The van der Waals surface area contributed by atoms with Crippen molar-refractivity contribution in [1.29, 1.82) is 0 Å². The number of aryl methyl sites for hydroxylation is 2. The number of esters is 1. The van der Waals surface area contributed by atoms with Crippen LogP contribution in [0.1, 0.15) is 51.4 Å². The van der Waals surface area contributed by atoms with Gasteiger partial charge < -0.3 is 19.3 Å². The molecule has 58 heavy (non-hydrogen) atoms. The molecule has 0 heterocycles. The van der Waals surface area contributed by atoms with E-state index in [4.69, 9.17) is 9.47 Å². The maximum absolute atomic E-state index is 11.5. The van der Waals surface area contributed by atoms with Crippen LogP contribution < -0.4 is 19.3 Å². The normalized spacial score (nSPS) is 11.6. The summed E-state index contributed by atoms with van der Waals surface area (Å²) in [6.45, 7) is 5.65. The SMILES string of the molecule is COc1cccc(N(C)c2ccc(/C=C(\c3ccc(C)cc3)c3ccc(/C(=C/c4ccc(N(C)c5cccc(OC(C)=O)c5)cc4)c4ccc(C)cc4)cc3)cc2)c1. The molecule has 0 saturated heterocycles. The van der Waals surface area contributed by atoms with Crippen LogP contribution in [0.4, 0.5) is 22.7 Å². The lowest BCUT2D eigenvalue weighted by Crippen LogP contribution is -2.10. The Kier molecular flexibility index (Phi) is 12.0. The molecule has 0 aromatic heterocycles. The molecule has 5 heteroatoms. The summed E-state index contributed by atoms with van der Waals surface area (Å²) < 4.78 is 10.8. The van der Waals surface area contributed by atoms with Crippen molar-refractivity contribution in [2.24, 2.45) is 0 Å². The van der Waals surface area contributed by atoms with Crippen molar-refractivity contribution in [3.8, 4) is 11.5 Å². The van der Waals surface area contributed by atoms with Gasteiger partial charge in [0.15, 0.2) is 0 Å². The van der Waals surface area contributed by atoms with Gasteiger partial charge in [-0.2, -0.15) is 0 Å². The fourth-order valence-corrected chi connectivity index (χ4v) is 6.92. The van der Waals surface area contributed by atoms with E-state index in [2.05, 4.69) is 170 Å². The number of rotatable bonds is 12. The van der Waals surface area contributed by atoms with Crippen molar-refractivity contribution in [3.05, 3.63) is 214 Å². The van der Waals surface area contributed by atoms with Gasteiger partial charge in [-0.25, -0.2) is 0 Å². The van der Waals surface area contributed by atoms with E-state index in [1.54, 1.807) is 13.2 Å². The number of nitrogens with zero attached hydrogens (tertiary/aromatic N) is 2. The molecule has 0 aliphatic rings. The number of anilines is 4. The maximum atomic E-state index is 11.5. The largest absolute Gasteiger partial charge is 0.497 e. The fraction of sp³-hybridized carbons (Fsp3) is 0.113. The Bertz CT molecular complexity index is 2550. The first-order valence-electron chi connectivity index (χ1n) is 19.4. The molecular weight excluding hydrogens is 713 g/mol. The predicted octanol–water partition coefficient (Wildman–Crippen LogP) is 13.0. The third-order valence-electron chi connectivity index (χ3n) is 10.3. The summed E-state index contributed by atoms with van der Waals surface area (Å²) in [6.07, 6.45) is 4.53. The van der Waals surface area contributed by atoms with Crippen LogP contribution in [0, 0.1) is 13.8 Å². The van der Waals surface area contributed by atoms with E-state index in [1.165, 1.54) is 18.1 Å². The average molecular weight is 761 g/mol. The molecule has 0 amide bonds. The van der Waals surface area contributed by atoms with Crippen LogP contribution in [0.3, 0.4) is 0 Å². The zero-order valence-corrected chi connectivity index (χ0v) is 33.9. The zero-order valence-electron chi connectivity index (χ0n) is 33.9. The van der Waals surface area contributed by atoms with Gasteiger partial charge in [-0.05, 0) is 119 Å². The van der Waals surface area contributed by atoms with Crippen LogP contribution in [0.5, 0.6) is 11.5 Å². The monoisotopic (exact) mass is 760 g/mol. The molecule has 0 atom stereocenters. The van der Waals surface area contributed by atoms with Crippen molar-refractivity contribution in [2.45, 2.75) is 20.8 Å². The molecule has 7 rings (SSSR count). The standard InChI is InChI=1S/C53H48N2O3/c1-37-13-21-42(22-14-37)52(33-40-17-29-46(30-18-40)54(4)48-9-7-11-50(35-48)57-6)44-25-27-45(28-26-44)53(43-23-15-38(2)16-24-43)34-41-19-31-47(32-20-41)55(5)49-10-8-12-51(36-49)58-39(3)56/h7-36H,1-6H3/b52-33+,53-34+. The number of methoxy groups -OCH3 is 1. The highest BCUT2D eigenvalue weighted by molar-refractivity contribution is 5.94. The van der Waals surface area contributed by atoms with Crippen molar-refractivity contribution < 1.29 is 14.3 Å². The zero-order chi connectivity index (χ0) is 40.6. The van der Waals surface area contributed by atoms with E-state index in [-0.39, 0.29) is 5.97 Å². The van der Waals surface area contributed by atoms with Gasteiger partial charge in [-0.15, -0.1) is 0 Å². The summed E-state index contributed by atoms with van der Waals surface area (Å²) in [5.41, 5.74) is 15.6. The van der Waals surface area contributed by atoms with Crippen LogP contribution in [0.2, 0.25) is 0 Å². The second-order valence-electron chi connectivity index (χ2n) is 14.5. The molecule has 288 valence electrons. The minimum absolute atomic E-state index is 0.339. The molecule has 0 bridgehead atoms.